The molecule has 0 fully saturated rings. The van der Waals surface area contributed by atoms with Gasteiger partial charge in [-0.05, 0) is 42.0 Å². The van der Waals surface area contributed by atoms with Gasteiger partial charge in [0.2, 0.25) is 0 Å². The second-order valence-corrected chi connectivity index (χ2v) is 5.11. The van der Waals surface area contributed by atoms with Crippen molar-refractivity contribution < 1.29 is 4.79 Å². The lowest BCUT2D eigenvalue weighted by atomic mass is 10.0. The van der Waals surface area contributed by atoms with Crippen LogP contribution in [-0.4, -0.2) is 11.9 Å². The number of nitrogens with zero attached hydrogens (tertiary/aromatic N) is 2. The predicted molar refractivity (Wildman–Crippen MR) is 83.1 cm³/mol. The average Bonchev–Trinajstić information content (AvgIpc) is 2.53. The van der Waals surface area contributed by atoms with Gasteiger partial charge in [-0.2, -0.15) is 5.26 Å². The maximum Gasteiger partial charge on any atom is 0.259 e. The van der Waals surface area contributed by atoms with Crippen LogP contribution in [0.2, 0.25) is 5.02 Å². The highest BCUT2D eigenvalue weighted by atomic mass is 35.5. The van der Waals surface area contributed by atoms with Crippen LogP contribution in [0.1, 0.15) is 15.9 Å². The topological polar surface area (TPSA) is 44.1 Å². The lowest BCUT2D eigenvalue weighted by Crippen LogP contribution is -2.40. The molecule has 3 rings (SSSR count). The zero-order chi connectivity index (χ0) is 14.8. The molecule has 0 saturated carbocycles. The first-order chi connectivity index (χ1) is 10.2. The van der Waals surface area contributed by atoms with E-state index in [0.29, 0.717) is 10.6 Å². The van der Waals surface area contributed by atoms with Gasteiger partial charge in [0.15, 0.2) is 0 Å². The Labute approximate surface area is 127 Å². The van der Waals surface area contributed by atoms with E-state index in [1.165, 1.54) is 4.90 Å². The third kappa shape index (κ3) is 2.42. The Morgan fingerprint density at radius 1 is 1.14 bits per heavy atom. The maximum atomic E-state index is 12.7. The van der Waals surface area contributed by atoms with Crippen molar-refractivity contribution in [1.82, 2.24) is 0 Å². The molecular weight excluding hydrogens is 284 g/mol. The molecule has 21 heavy (non-hydrogen) atoms. The Hall–Kier alpha value is -2.57. The van der Waals surface area contributed by atoms with Gasteiger partial charge in [-0.1, -0.05) is 35.9 Å². The Morgan fingerprint density at radius 3 is 2.57 bits per heavy atom. The molecule has 0 bridgehead atoms. The Kier molecular flexibility index (Phi) is 3.47. The molecule has 2 aromatic carbocycles. The van der Waals surface area contributed by atoms with Gasteiger partial charge in [0, 0.05) is 10.6 Å². The number of hydrogen-bond acceptors (Lipinski definition) is 2. The molecule has 4 heteroatoms. The summed E-state index contributed by atoms with van der Waals surface area (Å²) in [5, 5.41) is 9.88. The molecule has 2 aromatic rings. The number of nitriles is 1. The van der Waals surface area contributed by atoms with Crippen molar-refractivity contribution in [3.63, 3.8) is 0 Å². The zero-order valence-electron chi connectivity index (χ0n) is 11.0. The van der Waals surface area contributed by atoms with Gasteiger partial charge in [0.05, 0.1) is 11.8 Å². The van der Waals surface area contributed by atoms with Crippen LogP contribution in [0.3, 0.4) is 0 Å². The van der Waals surface area contributed by atoms with Gasteiger partial charge in [0.1, 0.15) is 6.04 Å². The van der Waals surface area contributed by atoms with Gasteiger partial charge in [-0.3, -0.25) is 9.69 Å². The molecule has 0 aliphatic carbocycles. The summed E-state index contributed by atoms with van der Waals surface area (Å²) in [5.41, 5.74) is 2.17. The second-order valence-electron chi connectivity index (χ2n) is 4.67. The third-order valence-electron chi connectivity index (χ3n) is 3.37. The van der Waals surface area contributed by atoms with E-state index in [-0.39, 0.29) is 5.91 Å². The number of carbonyl (C=O) groups excluding carboxylic acids is 1. The minimum absolute atomic E-state index is 0.213. The number of carbonyl (C=O) groups is 1. The smallest absolute Gasteiger partial charge is 0.259 e. The Balaban J connectivity index is 2.06. The van der Waals surface area contributed by atoms with Gasteiger partial charge in [-0.15, -0.1) is 0 Å². The molecule has 0 N–H and O–H groups in total. The van der Waals surface area contributed by atoms with Gasteiger partial charge in [0.25, 0.3) is 5.91 Å². The molecule has 1 aliphatic rings. The summed E-state index contributed by atoms with van der Waals surface area (Å²) in [6, 6.07) is 15.7. The van der Waals surface area contributed by atoms with Gasteiger partial charge in [-0.25, -0.2) is 0 Å². The summed E-state index contributed by atoms with van der Waals surface area (Å²) in [4.78, 5) is 14.3. The highest BCUT2D eigenvalue weighted by Gasteiger charge is 2.28. The van der Waals surface area contributed by atoms with E-state index in [2.05, 4.69) is 6.07 Å². The fourth-order valence-corrected chi connectivity index (χ4v) is 2.47. The number of rotatable bonds is 1. The SMILES string of the molecule is N#CC1C=Cc2ccccc2N1C(=O)c1ccc(Cl)cc1. The van der Waals surface area contributed by atoms with E-state index < -0.39 is 6.04 Å². The van der Waals surface area contributed by atoms with E-state index in [4.69, 9.17) is 11.6 Å². The van der Waals surface area contributed by atoms with E-state index in [9.17, 15) is 10.1 Å². The van der Waals surface area contributed by atoms with Gasteiger partial charge >= 0.3 is 0 Å². The molecule has 0 saturated heterocycles. The number of anilines is 1. The normalized spacial score (nSPS) is 16.2. The van der Waals surface area contributed by atoms with Crippen LogP contribution >= 0.6 is 11.6 Å². The molecule has 0 spiro atoms. The third-order valence-corrected chi connectivity index (χ3v) is 3.63. The van der Waals surface area contributed by atoms with E-state index in [0.717, 1.165) is 11.3 Å². The molecule has 102 valence electrons. The molecule has 1 aliphatic heterocycles. The Morgan fingerprint density at radius 2 is 1.86 bits per heavy atom. The van der Waals surface area contributed by atoms with Crippen molar-refractivity contribution >= 4 is 29.3 Å². The minimum Gasteiger partial charge on any atom is -0.288 e. The van der Waals surface area contributed by atoms with Crippen molar-refractivity contribution in [3.05, 3.63) is 70.8 Å². The lowest BCUT2D eigenvalue weighted by Gasteiger charge is -2.30. The number of fused-ring (bicyclic) bond motifs is 1. The largest absolute Gasteiger partial charge is 0.288 e. The standard InChI is InChI=1S/C17H11ClN2O/c18-14-8-5-13(6-9-14)17(21)20-15(11-19)10-7-12-3-1-2-4-16(12)20/h1-10,15H. The highest BCUT2D eigenvalue weighted by Crippen LogP contribution is 2.30. The molecule has 1 heterocycles. The number of halogens is 1. The number of para-hydroxylation sites is 1. The van der Waals surface area contributed by atoms with Crippen molar-refractivity contribution in [2.45, 2.75) is 6.04 Å². The van der Waals surface area contributed by atoms with Crippen molar-refractivity contribution in [2.24, 2.45) is 0 Å². The zero-order valence-corrected chi connectivity index (χ0v) is 11.8. The summed E-state index contributed by atoms with van der Waals surface area (Å²) >= 11 is 5.85. The summed E-state index contributed by atoms with van der Waals surface area (Å²) in [7, 11) is 0. The van der Waals surface area contributed by atoms with Crippen LogP contribution < -0.4 is 4.90 Å². The fraction of sp³-hybridized carbons (Fsp3) is 0.0588. The second kappa shape index (κ2) is 5.43. The van der Waals surface area contributed by atoms with Crippen molar-refractivity contribution in [2.75, 3.05) is 4.90 Å². The number of benzene rings is 2. The van der Waals surface area contributed by atoms with E-state index in [1.54, 1.807) is 30.3 Å². The predicted octanol–water partition coefficient (Wildman–Crippen LogP) is 3.91. The molecule has 1 unspecified atom stereocenters. The summed E-state index contributed by atoms with van der Waals surface area (Å²) in [6.07, 6.45) is 3.60. The van der Waals surface area contributed by atoms with Crippen LogP contribution in [0.5, 0.6) is 0 Å². The van der Waals surface area contributed by atoms with Crippen LogP contribution in [0, 0.1) is 11.3 Å². The minimum atomic E-state index is -0.608. The molecule has 0 radical (unpaired) electrons. The highest BCUT2D eigenvalue weighted by molar-refractivity contribution is 6.30. The van der Waals surface area contributed by atoms with Crippen LogP contribution in [0.25, 0.3) is 6.08 Å². The summed E-state index contributed by atoms with van der Waals surface area (Å²) in [5.74, 6) is -0.213. The number of amides is 1. The van der Waals surface area contributed by atoms with Crippen LogP contribution in [0.15, 0.2) is 54.6 Å². The Bertz CT molecular complexity index is 759. The average molecular weight is 295 g/mol. The first-order valence-electron chi connectivity index (χ1n) is 6.46. The van der Waals surface area contributed by atoms with Gasteiger partial charge < -0.3 is 0 Å². The maximum absolute atomic E-state index is 12.7. The quantitative estimate of drug-likeness (QED) is 0.800. The molecule has 0 aromatic heterocycles. The van der Waals surface area contributed by atoms with Crippen molar-refractivity contribution in [1.29, 1.82) is 5.26 Å². The first-order valence-corrected chi connectivity index (χ1v) is 6.84. The summed E-state index contributed by atoms with van der Waals surface area (Å²) in [6.45, 7) is 0. The molecule has 1 atom stereocenters. The molecule has 3 nitrogen and oxygen atoms in total. The summed E-state index contributed by atoms with van der Waals surface area (Å²) < 4.78 is 0. The van der Waals surface area contributed by atoms with E-state index in [1.807, 2.05) is 30.3 Å². The lowest BCUT2D eigenvalue weighted by molar-refractivity contribution is 0.0985. The number of hydrogen-bond donors (Lipinski definition) is 0. The van der Waals surface area contributed by atoms with Crippen LogP contribution in [-0.2, 0) is 0 Å². The monoisotopic (exact) mass is 294 g/mol. The van der Waals surface area contributed by atoms with Crippen LogP contribution in [0.4, 0.5) is 5.69 Å². The fourth-order valence-electron chi connectivity index (χ4n) is 2.35. The molecular formula is C17H11ClN2O. The van der Waals surface area contributed by atoms with Crippen molar-refractivity contribution in [3.8, 4) is 6.07 Å². The molecule has 1 amide bonds. The van der Waals surface area contributed by atoms with E-state index >= 15 is 0 Å². The first kappa shape index (κ1) is 13.4.